The minimum absolute atomic E-state index is 0.142. The number of amides is 1. The van der Waals surface area contributed by atoms with Crippen LogP contribution in [0.3, 0.4) is 0 Å². The highest BCUT2D eigenvalue weighted by molar-refractivity contribution is 6.11. The molecular weight excluding hydrogens is 514 g/mol. The molecule has 4 aromatic rings. The third-order valence-electron chi connectivity index (χ3n) is 7.06. The first-order valence-corrected chi connectivity index (χ1v) is 12.6. The summed E-state index contributed by atoms with van der Waals surface area (Å²) in [5, 5.41) is 10.4. The monoisotopic (exact) mass is 539 g/mol. The summed E-state index contributed by atoms with van der Waals surface area (Å²) in [5.74, 6) is -5.52. The first-order valence-electron chi connectivity index (χ1n) is 12.6. The van der Waals surface area contributed by atoms with Crippen molar-refractivity contribution in [3.63, 3.8) is 0 Å². The molecule has 0 spiro atoms. The molecule has 0 aliphatic carbocycles. The van der Waals surface area contributed by atoms with E-state index < -0.39 is 24.3 Å². The van der Waals surface area contributed by atoms with Crippen LogP contribution < -0.4 is 10.2 Å². The molecule has 2 N–H and O–H groups in total. The number of carbonyl (C=O) groups excluding carboxylic acids is 1. The lowest BCUT2D eigenvalue weighted by atomic mass is 10.0. The molecule has 5 heterocycles. The summed E-state index contributed by atoms with van der Waals surface area (Å²) in [5.41, 5.74) is 3.63. The molecule has 39 heavy (non-hydrogen) atoms. The van der Waals surface area contributed by atoms with Gasteiger partial charge in [-0.2, -0.15) is 5.10 Å². The number of rotatable bonds is 6. The van der Waals surface area contributed by atoms with Crippen molar-refractivity contribution in [2.24, 2.45) is 0 Å². The van der Waals surface area contributed by atoms with Crippen LogP contribution >= 0.6 is 0 Å². The van der Waals surface area contributed by atoms with Gasteiger partial charge in [0, 0.05) is 73.8 Å². The molecule has 12 heteroatoms. The summed E-state index contributed by atoms with van der Waals surface area (Å²) in [6.07, 6.45) is 4.44. The molecule has 2 aliphatic rings. The van der Waals surface area contributed by atoms with Crippen molar-refractivity contribution in [3.8, 4) is 11.1 Å². The van der Waals surface area contributed by atoms with Crippen LogP contribution in [0.4, 0.5) is 29.1 Å². The standard InChI is InChI=1S/C27H25F4N7O/c28-26(29)4-7-37(15-26)14-17-9-19(13-32-12-17)18-1-2-22-21(10-18)24(36-35-22)25(39)34-20-3-6-33-23(11-20)38-8-5-27(30,31)16-38/h1-3,6,9-13H,4-5,7-8,14-16H2,(H,35,36)(H,33,34,39). The van der Waals surface area contributed by atoms with Crippen LogP contribution in [0.15, 0.2) is 55.0 Å². The summed E-state index contributed by atoms with van der Waals surface area (Å²) < 4.78 is 54.4. The first-order chi connectivity index (χ1) is 18.6. The SMILES string of the molecule is O=C(Nc1ccnc(N2CCC(F)(F)C2)c1)c1n[nH]c2ccc(-c3cncc(CN4CCC(F)(F)C4)c3)cc12. The topological polar surface area (TPSA) is 90.0 Å². The highest BCUT2D eigenvalue weighted by Gasteiger charge is 2.39. The van der Waals surface area contributed by atoms with Crippen LogP contribution in [0.5, 0.6) is 0 Å². The molecular formula is C27H25F4N7O. The van der Waals surface area contributed by atoms with Crippen molar-refractivity contribution < 1.29 is 22.4 Å². The molecule has 0 radical (unpaired) electrons. The van der Waals surface area contributed by atoms with Crippen molar-refractivity contribution in [2.45, 2.75) is 31.2 Å². The molecule has 2 aliphatic heterocycles. The van der Waals surface area contributed by atoms with E-state index in [9.17, 15) is 22.4 Å². The van der Waals surface area contributed by atoms with Crippen LogP contribution in [0, 0.1) is 0 Å². The lowest BCUT2D eigenvalue weighted by Crippen LogP contribution is -2.25. The zero-order chi connectivity index (χ0) is 27.2. The average Bonchev–Trinajstić information content (AvgIpc) is 3.59. The van der Waals surface area contributed by atoms with E-state index in [0.29, 0.717) is 35.5 Å². The predicted molar refractivity (Wildman–Crippen MR) is 138 cm³/mol. The molecule has 1 aromatic carbocycles. The Morgan fingerprint density at radius 2 is 1.79 bits per heavy atom. The number of hydrogen-bond acceptors (Lipinski definition) is 6. The third kappa shape index (κ3) is 5.42. The number of aromatic nitrogens is 4. The van der Waals surface area contributed by atoms with E-state index in [-0.39, 0.29) is 31.6 Å². The van der Waals surface area contributed by atoms with Gasteiger partial charge in [-0.05, 0) is 35.4 Å². The van der Waals surface area contributed by atoms with E-state index in [1.807, 2.05) is 18.2 Å². The van der Waals surface area contributed by atoms with Gasteiger partial charge in [-0.1, -0.05) is 6.07 Å². The number of aromatic amines is 1. The van der Waals surface area contributed by atoms with Gasteiger partial charge in [-0.3, -0.25) is 19.8 Å². The van der Waals surface area contributed by atoms with Gasteiger partial charge in [0.25, 0.3) is 17.8 Å². The van der Waals surface area contributed by atoms with Crippen LogP contribution in [-0.4, -0.2) is 69.0 Å². The molecule has 202 valence electrons. The number of H-pyrrole nitrogens is 1. The Kier molecular flexibility index (Phi) is 6.21. The normalized spacial score (nSPS) is 18.6. The largest absolute Gasteiger partial charge is 0.350 e. The summed E-state index contributed by atoms with van der Waals surface area (Å²) in [6.45, 7) is 0.219. The molecule has 0 unspecified atom stereocenters. The number of halogens is 4. The molecule has 6 rings (SSSR count). The fraction of sp³-hybridized carbons (Fsp3) is 0.333. The van der Waals surface area contributed by atoms with Gasteiger partial charge in [-0.25, -0.2) is 22.5 Å². The van der Waals surface area contributed by atoms with Gasteiger partial charge < -0.3 is 10.2 Å². The van der Waals surface area contributed by atoms with Crippen LogP contribution in [0.1, 0.15) is 28.9 Å². The molecule has 0 bridgehead atoms. The van der Waals surface area contributed by atoms with Gasteiger partial charge in [-0.15, -0.1) is 0 Å². The lowest BCUT2D eigenvalue weighted by molar-refractivity contribution is 0.0114. The van der Waals surface area contributed by atoms with E-state index in [4.69, 9.17) is 0 Å². The number of nitrogens with one attached hydrogen (secondary N) is 2. The number of likely N-dealkylation sites (tertiary alicyclic amines) is 1. The van der Waals surface area contributed by atoms with Crippen molar-refractivity contribution in [2.75, 3.05) is 36.4 Å². The predicted octanol–water partition coefficient (Wildman–Crippen LogP) is 4.96. The molecule has 0 saturated carbocycles. The second kappa shape index (κ2) is 9.60. The minimum Gasteiger partial charge on any atom is -0.350 e. The third-order valence-corrected chi connectivity index (χ3v) is 7.06. The number of fused-ring (bicyclic) bond motifs is 1. The highest BCUT2D eigenvalue weighted by Crippen LogP contribution is 2.32. The van der Waals surface area contributed by atoms with Gasteiger partial charge in [0.15, 0.2) is 5.69 Å². The van der Waals surface area contributed by atoms with Crippen molar-refractivity contribution in [1.82, 2.24) is 25.1 Å². The summed E-state index contributed by atoms with van der Waals surface area (Å²) in [6, 6.07) is 10.6. The van der Waals surface area contributed by atoms with Crippen LogP contribution in [0.2, 0.25) is 0 Å². The maximum absolute atomic E-state index is 13.6. The number of benzene rings is 1. The van der Waals surface area contributed by atoms with Gasteiger partial charge in [0.2, 0.25) is 0 Å². The van der Waals surface area contributed by atoms with Crippen molar-refractivity contribution in [1.29, 1.82) is 0 Å². The molecule has 8 nitrogen and oxygen atoms in total. The first kappa shape index (κ1) is 25.2. The Labute approximate surface area is 221 Å². The number of carbonyl (C=O) groups is 1. The number of alkyl halides is 4. The highest BCUT2D eigenvalue weighted by atomic mass is 19.3. The van der Waals surface area contributed by atoms with E-state index in [2.05, 4.69) is 25.5 Å². The maximum Gasteiger partial charge on any atom is 0.276 e. The smallest absolute Gasteiger partial charge is 0.276 e. The van der Waals surface area contributed by atoms with Crippen molar-refractivity contribution >= 4 is 28.3 Å². The van der Waals surface area contributed by atoms with E-state index in [1.165, 1.54) is 11.1 Å². The Morgan fingerprint density at radius 1 is 0.974 bits per heavy atom. The molecule has 2 fully saturated rings. The lowest BCUT2D eigenvalue weighted by Gasteiger charge is -2.17. The molecule has 0 atom stereocenters. The zero-order valence-electron chi connectivity index (χ0n) is 20.8. The average molecular weight is 540 g/mol. The second-order valence-electron chi connectivity index (χ2n) is 10.1. The maximum atomic E-state index is 13.6. The van der Waals surface area contributed by atoms with Crippen molar-refractivity contribution in [3.05, 3.63) is 66.2 Å². The minimum atomic E-state index is -2.76. The Bertz CT molecular complexity index is 1540. The Balaban J connectivity index is 1.21. The zero-order valence-corrected chi connectivity index (χ0v) is 20.8. The summed E-state index contributed by atoms with van der Waals surface area (Å²) in [7, 11) is 0. The summed E-state index contributed by atoms with van der Waals surface area (Å²) >= 11 is 0. The second-order valence-corrected chi connectivity index (χ2v) is 10.1. The van der Waals surface area contributed by atoms with E-state index >= 15 is 0 Å². The Hall–Kier alpha value is -4.06. The number of nitrogens with zero attached hydrogens (tertiary/aromatic N) is 5. The number of pyridine rings is 2. The number of hydrogen-bond donors (Lipinski definition) is 2. The Morgan fingerprint density at radius 3 is 2.56 bits per heavy atom. The molecule has 1 amide bonds. The van der Waals surface area contributed by atoms with E-state index in [0.717, 1.165) is 16.7 Å². The van der Waals surface area contributed by atoms with Crippen LogP contribution in [0.25, 0.3) is 22.0 Å². The quantitative estimate of drug-likeness (QED) is 0.337. The molecule has 2 saturated heterocycles. The van der Waals surface area contributed by atoms with E-state index in [1.54, 1.807) is 35.5 Å². The van der Waals surface area contributed by atoms with Crippen LogP contribution in [-0.2, 0) is 6.54 Å². The van der Waals surface area contributed by atoms with Gasteiger partial charge >= 0.3 is 0 Å². The fourth-order valence-corrected chi connectivity index (χ4v) is 5.09. The molecule has 3 aromatic heterocycles. The van der Waals surface area contributed by atoms with Gasteiger partial charge in [0.1, 0.15) is 5.82 Å². The van der Waals surface area contributed by atoms with Gasteiger partial charge in [0.05, 0.1) is 18.6 Å². The summed E-state index contributed by atoms with van der Waals surface area (Å²) in [4.78, 5) is 24.8. The number of anilines is 2. The fourth-order valence-electron chi connectivity index (χ4n) is 5.09.